The summed E-state index contributed by atoms with van der Waals surface area (Å²) >= 11 is 1.68. The lowest BCUT2D eigenvalue weighted by Gasteiger charge is -2.34. The highest BCUT2D eigenvalue weighted by Gasteiger charge is 2.41. The molecule has 0 unspecified atom stereocenters. The molecule has 49 heavy (non-hydrogen) atoms. The van der Waals surface area contributed by atoms with Gasteiger partial charge in [-0.05, 0) is 64.6 Å². The van der Waals surface area contributed by atoms with Gasteiger partial charge in [-0.25, -0.2) is 9.97 Å². The lowest BCUT2D eigenvalue weighted by Crippen LogP contribution is -2.39. The van der Waals surface area contributed by atoms with Gasteiger partial charge >= 0.3 is 0 Å². The lowest BCUT2D eigenvalue weighted by molar-refractivity contribution is 0.396. The number of benzene rings is 4. The number of aromatic nitrogens is 7. The van der Waals surface area contributed by atoms with Crippen LogP contribution < -0.4 is 0 Å². The molecule has 240 valence electrons. The highest BCUT2D eigenvalue weighted by Crippen LogP contribution is 2.40. The van der Waals surface area contributed by atoms with E-state index in [4.69, 9.17) is 20.3 Å². The van der Waals surface area contributed by atoms with Crippen LogP contribution in [0.25, 0.3) is 33.0 Å². The molecule has 8 aromatic rings. The molecule has 0 saturated carbocycles. The molecular formula is C41H35N7S. The monoisotopic (exact) mass is 657 g/mol. The third kappa shape index (κ3) is 5.44. The van der Waals surface area contributed by atoms with Crippen molar-refractivity contribution in [2.24, 2.45) is 0 Å². The molecule has 0 fully saturated rings. The number of nitrogens with zero attached hydrogens (tertiary/aromatic N) is 7. The van der Waals surface area contributed by atoms with Crippen LogP contribution in [0.15, 0.2) is 133 Å². The third-order valence-corrected chi connectivity index (χ3v) is 10.1. The van der Waals surface area contributed by atoms with E-state index in [2.05, 4.69) is 138 Å². The maximum Gasteiger partial charge on any atom is 0.205 e. The Morgan fingerprint density at radius 2 is 1.31 bits per heavy atom. The summed E-state index contributed by atoms with van der Waals surface area (Å²) in [6, 6.07) is 44.3. The predicted octanol–water partition coefficient (Wildman–Crippen LogP) is 8.88. The summed E-state index contributed by atoms with van der Waals surface area (Å²) in [6.45, 7) is 7.03. The van der Waals surface area contributed by atoms with Crippen molar-refractivity contribution in [3.8, 4) is 21.8 Å². The van der Waals surface area contributed by atoms with Gasteiger partial charge in [0.05, 0.1) is 6.54 Å². The molecule has 0 radical (unpaired) electrons. The number of aryl methyl sites for hydroxylation is 3. The van der Waals surface area contributed by atoms with E-state index >= 15 is 0 Å². The van der Waals surface area contributed by atoms with E-state index < -0.39 is 5.54 Å². The highest BCUT2D eigenvalue weighted by molar-refractivity contribution is 7.14. The van der Waals surface area contributed by atoms with Gasteiger partial charge in [-0.2, -0.15) is 0 Å². The zero-order valence-electron chi connectivity index (χ0n) is 27.7. The molecule has 0 aliphatic rings. The van der Waals surface area contributed by atoms with E-state index in [0.717, 1.165) is 68.3 Å². The lowest BCUT2D eigenvalue weighted by atomic mass is 9.77. The fourth-order valence-electron chi connectivity index (χ4n) is 6.80. The molecular weight excluding hydrogens is 623 g/mol. The van der Waals surface area contributed by atoms with Gasteiger partial charge in [-0.1, -0.05) is 122 Å². The second-order valence-corrected chi connectivity index (χ2v) is 13.2. The third-order valence-electron chi connectivity index (χ3n) is 9.14. The topological polar surface area (TPSA) is 74.3 Å². The van der Waals surface area contributed by atoms with E-state index in [0.29, 0.717) is 5.82 Å². The molecule has 0 spiro atoms. The van der Waals surface area contributed by atoms with Crippen LogP contribution in [0.4, 0.5) is 0 Å². The number of fused-ring (bicyclic) bond motifs is 1. The van der Waals surface area contributed by atoms with Gasteiger partial charge in [0.25, 0.3) is 0 Å². The number of tetrazole rings is 1. The Kier molecular flexibility index (Phi) is 7.93. The summed E-state index contributed by atoms with van der Waals surface area (Å²) in [4.78, 5) is 12.7. The molecule has 0 aliphatic carbocycles. The van der Waals surface area contributed by atoms with E-state index in [9.17, 15) is 0 Å². The maximum absolute atomic E-state index is 5.08. The van der Waals surface area contributed by atoms with Crippen molar-refractivity contribution < 1.29 is 0 Å². The van der Waals surface area contributed by atoms with Crippen molar-refractivity contribution in [2.75, 3.05) is 0 Å². The molecule has 4 heterocycles. The number of imidazole rings is 1. The van der Waals surface area contributed by atoms with Crippen LogP contribution in [-0.2, 0) is 18.5 Å². The number of thiophene rings is 1. The SMILES string of the molecule is CCc1nc2c(C)cc(C)nc2n1Cc1ccc(-c2cc(-c3nnn(C(c4ccccc4)(c4ccccc4)c4ccccc4)n3)cs2)cc1. The first kappa shape index (κ1) is 30.6. The standard InChI is InChI=1S/C41H35N7S/c1-4-37-43-38-28(2)24-29(3)42-40(38)47(37)26-30-20-22-31(23-21-30)36-25-32(27-49-36)39-44-46-48(45-39)41(33-14-8-5-9-15-33,34-16-10-6-11-17-34)35-18-12-7-13-19-35/h5-25,27H,4,26H2,1-3H3. The molecule has 0 amide bonds. The normalized spacial score (nSPS) is 11.7. The Morgan fingerprint density at radius 1 is 0.694 bits per heavy atom. The summed E-state index contributed by atoms with van der Waals surface area (Å²) in [5.41, 5.74) is 9.77. The first-order valence-electron chi connectivity index (χ1n) is 16.5. The smallest absolute Gasteiger partial charge is 0.205 e. The molecule has 0 saturated heterocycles. The van der Waals surface area contributed by atoms with Crippen molar-refractivity contribution in [2.45, 2.75) is 39.3 Å². The highest BCUT2D eigenvalue weighted by atomic mass is 32.1. The molecule has 8 rings (SSSR count). The molecule has 0 atom stereocenters. The van der Waals surface area contributed by atoms with Crippen LogP contribution in [0.1, 0.15) is 46.3 Å². The minimum absolute atomic E-state index is 0.587. The number of hydrogen-bond acceptors (Lipinski definition) is 6. The van der Waals surface area contributed by atoms with Gasteiger partial charge < -0.3 is 4.57 Å². The Bertz CT molecular complexity index is 2260. The Morgan fingerprint density at radius 3 is 1.90 bits per heavy atom. The van der Waals surface area contributed by atoms with Crippen LogP contribution in [0.3, 0.4) is 0 Å². The first-order valence-corrected chi connectivity index (χ1v) is 17.4. The molecule has 0 N–H and O–H groups in total. The largest absolute Gasteiger partial charge is 0.308 e. The van der Waals surface area contributed by atoms with Gasteiger partial charge in [0.2, 0.25) is 5.82 Å². The molecule has 4 aromatic carbocycles. The molecule has 0 aliphatic heterocycles. The average molecular weight is 658 g/mol. The van der Waals surface area contributed by atoms with E-state index in [1.54, 1.807) is 16.1 Å². The molecule has 4 aromatic heterocycles. The van der Waals surface area contributed by atoms with Crippen molar-refractivity contribution in [1.82, 2.24) is 34.7 Å². The minimum Gasteiger partial charge on any atom is -0.308 e. The summed E-state index contributed by atoms with van der Waals surface area (Å²) in [7, 11) is 0. The van der Waals surface area contributed by atoms with Crippen LogP contribution in [0, 0.1) is 13.8 Å². The van der Waals surface area contributed by atoms with Crippen LogP contribution in [0.5, 0.6) is 0 Å². The first-order chi connectivity index (χ1) is 24.0. The van der Waals surface area contributed by atoms with Crippen LogP contribution in [-0.4, -0.2) is 34.7 Å². The number of rotatable bonds is 9. The van der Waals surface area contributed by atoms with Crippen LogP contribution >= 0.6 is 11.3 Å². The summed E-state index contributed by atoms with van der Waals surface area (Å²) < 4.78 is 2.25. The van der Waals surface area contributed by atoms with E-state index in [-0.39, 0.29) is 0 Å². The Hall–Kier alpha value is -5.73. The predicted molar refractivity (Wildman–Crippen MR) is 197 cm³/mol. The van der Waals surface area contributed by atoms with Gasteiger partial charge in [0.15, 0.2) is 11.2 Å². The molecule has 8 heteroatoms. The quantitative estimate of drug-likeness (QED) is 0.145. The van der Waals surface area contributed by atoms with Gasteiger partial charge in [-0.3, -0.25) is 0 Å². The summed E-state index contributed by atoms with van der Waals surface area (Å²) in [5, 5.41) is 16.6. The van der Waals surface area contributed by atoms with E-state index in [1.807, 2.05) is 25.1 Å². The number of hydrogen-bond donors (Lipinski definition) is 0. The van der Waals surface area contributed by atoms with Crippen molar-refractivity contribution >= 4 is 22.5 Å². The van der Waals surface area contributed by atoms with Crippen molar-refractivity contribution in [1.29, 1.82) is 0 Å². The second kappa shape index (κ2) is 12.7. The summed E-state index contributed by atoms with van der Waals surface area (Å²) in [5.74, 6) is 1.64. The second-order valence-electron chi connectivity index (χ2n) is 12.3. The number of pyridine rings is 1. The van der Waals surface area contributed by atoms with Crippen molar-refractivity contribution in [3.05, 3.63) is 172 Å². The zero-order valence-corrected chi connectivity index (χ0v) is 28.5. The van der Waals surface area contributed by atoms with E-state index in [1.165, 1.54) is 11.1 Å². The van der Waals surface area contributed by atoms with Crippen molar-refractivity contribution in [3.63, 3.8) is 0 Å². The fourth-order valence-corrected chi connectivity index (χ4v) is 7.70. The van der Waals surface area contributed by atoms with Gasteiger partial charge in [0, 0.05) is 27.9 Å². The minimum atomic E-state index is -0.811. The van der Waals surface area contributed by atoms with Crippen LogP contribution in [0.2, 0.25) is 0 Å². The summed E-state index contributed by atoms with van der Waals surface area (Å²) in [6.07, 6.45) is 0.854. The molecule has 0 bridgehead atoms. The average Bonchev–Trinajstić information content (AvgIpc) is 3.91. The van der Waals surface area contributed by atoms with Gasteiger partial charge in [0.1, 0.15) is 11.3 Å². The fraction of sp³-hybridized carbons (Fsp3) is 0.146. The maximum atomic E-state index is 5.08. The zero-order chi connectivity index (χ0) is 33.4. The van der Waals surface area contributed by atoms with Gasteiger partial charge in [-0.15, -0.1) is 26.3 Å². The Labute approximate surface area is 289 Å². The Balaban J connectivity index is 1.12. The molecule has 7 nitrogen and oxygen atoms in total.